The molecule has 8 heteroatoms. The quantitative estimate of drug-likeness (QED) is 0.138. The normalized spacial score (nSPS) is 17.1. The summed E-state index contributed by atoms with van der Waals surface area (Å²) < 4.78 is 7.63. The summed E-state index contributed by atoms with van der Waals surface area (Å²) in [6.07, 6.45) is 5.75. The maximum Gasteiger partial charge on any atom is 0.295 e. The number of unbranched alkanes of at least 4 members (excludes halogenated alkanes) is 2. The number of Topliss-reactive ketones (excluding diaryl/α,β-unsaturated/α-hetero) is 1. The number of imidazole rings is 1. The van der Waals surface area contributed by atoms with E-state index in [1.807, 2.05) is 42.5 Å². The number of fused-ring (bicyclic) bond motifs is 1. The Hall–Kier alpha value is -3.65. The fourth-order valence-corrected chi connectivity index (χ4v) is 5.28. The third-order valence-electron chi connectivity index (χ3n) is 7.45. The van der Waals surface area contributed by atoms with Gasteiger partial charge in [0.05, 0.1) is 23.9 Å². The first-order chi connectivity index (χ1) is 18.9. The lowest BCUT2D eigenvalue weighted by Gasteiger charge is -2.27. The number of amides is 1. The molecule has 1 N–H and O–H groups in total. The summed E-state index contributed by atoms with van der Waals surface area (Å²) in [7, 11) is 0. The summed E-state index contributed by atoms with van der Waals surface area (Å²) in [6.45, 7) is 11.9. The van der Waals surface area contributed by atoms with Crippen LogP contribution in [0, 0.1) is 6.92 Å². The summed E-state index contributed by atoms with van der Waals surface area (Å²) >= 11 is 0. The van der Waals surface area contributed by atoms with Crippen LogP contribution in [-0.2, 0) is 9.59 Å². The van der Waals surface area contributed by atoms with E-state index in [4.69, 9.17) is 4.74 Å². The second kappa shape index (κ2) is 12.9. The van der Waals surface area contributed by atoms with Crippen molar-refractivity contribution >= 4 is 23.1 Å². The molecule has 2 aromatic heterocycles. The van der Waals surface area contributed by atoms with Gasteiger partial charge in [-0.25, -0.2) is 4.98 Å². The number of hydrogen-bond acceptors (Lipinski definition) is 6. The summed E-state index contributed by atoms with van der Waals surface area (Å²) in [5.41, 5.74) is 2.51. The molecule has 0 bridgehead atoms. The SMILES string of the molecule is CCCCCOc1ccc(C2/C(=C(\O)c3c(C)nc4ccccn34)C(=O)C(=O)N2CCCN(CC)CC)cc1. The summed E-state index contributed by atoms with van der Waals surface area (Å²) in [5, 5.41) is 11.6. The molecule has 0 radical (unpaired) electrons. The number of pyridine rings is 1. The predicted molar refractivity (Wildman–Crippen MR) is 153 cm³/mol. The van der Waals surface area contributed by atoms with Crippen molar-refractivity contribution in [3.05, 3.63) is 71.2 Å². The van der Waals surface area contributed by atoms with Gasteiger partial charge < -0.3 is 19.6 Å². The zero-order chi connectivity index (χ0) is 27.9. The standard InChI is InChI=1S/C31H40N4O4/c1-5-8-11-21-39-24-16-14-23(15-17-24)28-26(29(36)27-22(4)32-25-13-9-10-19-34(25)27)30(37)31(38)35(28)20-12-18-33(6-2)7-3/h9-10,13-17,19,28,36H,5-8,11-12,18,20-21H2,1-4H3/b29-26+. The highest BCUT2D eigenvalue weighted by atomic mass is 16.5. The Morgan fingerprint density at radius 1 is 1.03 bits per heavy atom. The van der Waals surface area contributed by atoms with Crippen LogP contribution in [0.5, 0.6) is 5.75 Å². The molecule has 1 aliphatic rings. The molecular formula is C31H40N4O4. The topological polar surface area (TPSA) is 87.4 Å². The Kier molecular flexibility index (Phi) is 9.41. The Balaban J connectivity index is 1.73. The molecule has 3 aromatic rings. The second-order valence-electron chi connectivity index (χ2n) is 9.97. The monoisotopic (exact) mass is 532 g/mol. The maximum atomic E-state index is 13.5. The molecule has 208 valence electrons. The van der Waals surface area contributed by atoms with E-state index < -0.39 is 17.7 Å². The number of hydrogen-bond donors (Lipinski definition) is 1. The van der Waals surface area contributed by atoms with Gasteiger partial charge in [-0.2, -0.15) is 0 Å². The Labute approximate surface area is 230 Å². The highest BCUT2D eigenvalue weighted by molar-refractivity contribution is 6.46. The second-order valence-corrected chi connectivity index (χ2v) is 9.97. The molecule has 1 amide bonds. The van der Waals surface area contributed by atoms with Gasteiger partial charge in [-0.1, -0.05) is 51.8 Å². The summed E-state index contributed by atoms with van der Waals surface area (Å²) in [4.78, 5) is 35.3. The molecule has 0 spiro atoms. The van der Waals surface area contributed by atoms with Crippen LogP contribution in [0.4, 0.5) is 0 Å². The molecule has 3 heterocycles. The lowest BCUT2D eigenvalue weighted by Crippen LogP contribution is -2.33. The summed E-state index contributed by atoms with van der Waals surface area (Å²) in [6, 6.07) is 12.4. The summed E-state index contributed by atoms with van der Waals surface area (Å²) in [5.74, 6) is -0.732. The van der Waals surface area contributed by atoms with E-state index in [1.165, 1.54) is 0 Å². The van der Waals surface area contributed by atoms with E-state index in [-0.39, 0.29) is 11.3 Å². The van der Waals surface area contributed by atoms with E-state index in [9.17, 15) is 14.7 Å². The number of benzene rings is 1. The minimum Gasteiger partial charge on any atom is -0.505 e. The fourth-order valence-electron chi connectivity index (χ4n) is 5.28. The smallest absolute Gasteiger partial charge is 0.295 e. The van der Waals surface area contributed by atoms with E-state index in [0.717, 1.165) is 56.6 Å². The highest BCUT2D eigenvalue weighted by Crippen LogP contribution is 2.40. The van der Waals surface area contributed by atoms with E-state index in [0.29, 0.717) is 30.2 Å². The van der Waals surface area contributed by atoms with E-state index >= 15 is 0 Å². The van der Waals surface area contributed by atoms with Crippen LogP contribution in [0.2, 0.25) is 0 Å². The number of likely N-dealkylation sites (tertiary alicyclic amines) is 1. The third-order valence-corrected chi connectivity index (χ3v) is 7.45. The Bertz CT molecular complexity index is 1320. The first kappa shape index (κ1) is 28.4. The number of aromatic nitrogens is 2. The van der Waals surface area contributed by atoms with Crippen LogP contribution in [0.3, 0.4) is 0 Å². The molecule has 1 unspecified atom stereocenters. The van der Waals surface area contributed by atoms with Crippen molar-refractivity contribution < 1.29 is 19.4 Å². The van der Waals surface area contributed by atoms with Gasteiger partial charge in [-0.15, -0.1) is 0 Å². The number of aliphatic hydroxyl groups is 1. The van der Waals surface area contributed by atoms with Crippen molar-refractivity contribution in [1.29, 1.82) is 0 Å². The van der Waals surface area contributed by atoms with Crippen molar-refractivity contribution in [3.63, 3.8) is 0 Å². The van der Waals surface area contributed by atoms with Gasteiger partial charge in [-0.3, -0.25) is 14.0 Å². The van der Waals surface area contributed by atoms with Crippen molar-refractivity contribution in [2.24, 2.45) is 0 Å². The van der Waals surface area contributed by atoms with E-state index in [2.05, 4.69) is 30.7 Å². The number of aryl methyl sites for hydroxylation is 1. The Morgan fingerprint density at radius 3 is 2.46 bits per heavy atom. The van der Waals surface area contributed by atoms with Gasteiger partial charge >= 0.3 is 0 Å². The number of carbonyl (C=O) groups excluding carboxylic acids is 2. The average Bonchev–Trinajstić information content (AvgIpc) is 3.41. The van der Waals surface area contributed by atoms with Gasteiger partial charge in [0.2, 0.25) is 0 Å². The number of rotatable bonds is 13. The average molecular weight is 533 g/mol. The van der Waals surface area contributed by atoms with Crippen LogP contribution in [0.15, 0.2) is 54.2 Å². The first-order valence-electron chi connectivity index (χ1n) is 14.1. The molecule has 1 saturated heterocycles. The molecule has 0 aliphatic carbocycles. The highest BCUT2D eigenvalue weighted by Gasteiger charge is 2.46. The van der Waals surface area contributed by atoms with Crippen molar-refractivity contribution in [3.8, 4) is 5.75 Å². The molecule has 1 aromatic carbocycles. The molecular weight excluding hydrogens is 492 g/mol. The number of ether oxygens (including phenoxy) is 1. The van der Waals surface area contributed by atoms with Gasteiger partial charge in [0, 0.05) is 12.7 Å². The van der Waals surface area contributed by atoms with Crippen LogP contribution in [-0.4, -0.2) is 68.8 Å². The van der Waals surface area contributed by atoms with Crippen LogP contribution < -0.4 is 4.74 Å². The van der Waals surface area contributed by atoms with Gasteiger partial charge in [0.1, 0.15) is 17.1 Å². The number of aliphatic hydroxyl groups excluding tert-OH is 1. The lowest BCUT2D eigenvalue weighted by atomic mass is 9.96. The Morgan fingerprint density at radius 2 is 1.77 bits per heavy atom. The van der Waals surface area contributed by atoms with Gasteiger partial charge in [-0.05, 0) is 69.2 Å². The minimum atomic E-state index is -0.704. The van der Waals surface area contributed by atoms with Crippen molar-refractivity contribution in [2.45, 2.75) is 59.4 Å². The van der Waals surface area contributed by atoms with E-state index in [1.54, 1.807) is 22.4 Å². The molecule has 1 aliphatic heterocycles. The third kappa shape index (κ3) is 6.01. The van der Waals surface area contributed by atoms with Crippen molar-refractivity contribution in [1.82, 2.24) is 19.2 Å². The van der Waals surface area contributed by atoms with Crippen LogP contribution >= 0.6 is 0 Å². The number of nitrogens with zero attached hydrogens (tertiary/aromatic N) is 4. The molecule has 0 saturated carbocycles. The van der Waals surface area contributed by atoms with Crippen LogP contribution in [0.25, 0.3) is 11.4 Å². The number of carbonyl (C=O) groups is 2. The zero-order valence-electron chi connectivity index (χ0n) is 23.5. The van der Waals surface area contributed by atoms with Gasteiger partial charge in [0.25, 0.3) is 11.7 Å². The molecule has 39 heavy (non-hydrogen) atoms. The number of ketones is 1. The molecule has 1 atom stereocenters. The fraction of sp³-hybridized carbons (Fsp3) is 0.452. The molecule has 8 nitrogen and oxygen atoms in total. The molecule has 1 fully saturated rings. The molecule has 4 rings (SSSR count). The first-order valence-corrected chi connectivity index (χ1v) is 14.1. The largest absolute Gasteiger partial charge is 0.505 e. The predicted octanol–water partition coefficient (Wildman–Crippen LogP) is 5.37. The van der Waals surface area contributed by atoms with Crippen LogP contribution in [0.1, 0.15) is 69.4 Å². The van der Waals surface area contributed by atoms with Crippen molar-refractivity contribution in [2.75, 3.05) is 32.8 Å². The minimum absolute atomic E-state index is 0.0909. The van der Waals surface area contributed by atoms with Gasteiger partial charge in [0.15, 0.2) is 5.76 Å². The maximum absolute atomic E-state index is 13.5. The zero-order valence-corrected chi connectivity index (χ0v) is 23.5. The lowest BCUT2D eigenvalue weighted by molar-refractivity contribution is -0.140.